The predicted octanol–water partition coefficient (Wildman–Crippen LogP) is 3.15. The zero-order chi connectivity index (χ0) is 15.8. The molecule has 0 saturated heterocycles. The molecule has 0 fully saturated rings. The molecule has 0 amide bonds. The lowest BCUT2D eigenvalue weighted by Crippen LogP contribution is -2.25. The Morgan fingerprint density at radius 1 is 1.35 bits per heavy atom. The molecule has 3 aromatic rings. The largest absolute Gasteiger partial charge is 0.477 e. The molecule has 0 atom stereocenters. The van der Waals surface area contributed by atoms with Gasteiger partial charge in [-0.05, 0) is 35.2 Å². The van der Waals surface area contributed by atoms with Crippen molar-refractivity contribution in [2.24, 2.45) is 0 Å². The molecular weight excluding hydrogens is 312 g/mol. The van der Waals surface area contributed by atoms with Crippen LogP contribution in [0.5, 0.6) is 0 Å². The van der Waals surface area contributed by atoms with E-state index in [1.807, 2.05) is 39.4 Å². The van der Waals surface area contributed by atoms with E-state index in [4.69, 9.17) is 5.11 Å². The van der Waals surface area contributed by atoms with Gasteiger partial charge in [-0.25, -0.2) is 9.48 Å². The van der Waals surface area contributed by atoms with Crippen LogP contribution in [0.2, 0.25) is 0 Å². The van der Waals surface area contributed by atoms with Crippen LogP contribution in [-0.4, -0.2) is 25.8 Å². The number of nitrogens with zero attached hydrogens (tertiary/aromatic N) is 4. The van der Waals surface area contributed by atoms with Crippen LogP contribution in [0.15, 0.2) is 48.4 Å². The molecule has 4 heterocycles. The van der Waals surface area contributed by atoms with Gasteiger partial charge in [0, 0.05) is 18.0 Å². The van der Waals surface area contributed by atoms with E-state index in [1.165, 1.54) is 11.3 Å². The maximum Gasteiger partial charge on any atom is 0.345 e. The van der Waals surface area contributed by atoms with Crippen LogP contribution in [0, 0.1) is 0 Å². The summed E-state index contributed by atoms with van der Waals surface area (Å²) in [7, 11) is 0. The Labute approximate surface area is 135 Å². The third kappa shape index (κ3) is 2.40. The normalized spacial score (nSPS) is 13.1. The lowest BCUT2D eigenvalue weighted by Gasteiger charge is -2.24. The molecule has 23 heavy (non-hydrogen) atoms. The predicted molar refractivity (Wildman–Crippen MR) is 88.2 cm³/mol. The van der Waals surface area contributed by atoms with Crippen LogP contribution in [0.3, 0.4) is 0 Å². The summed E-state index contributed by atoms with van der Waals surface area (Å²) in [6, 6.07) is 5.57. The number of aromatic carboxylic acids is 1. The molecule has 0 spiro atoms. The van der Waals surface area contributed by atoms with E-state index in [-0.39, 0.29) is 0 Å². The molecule has 0 radical (unpaired) electrons. The summed E-state index contributed by atoms with van der Waals surface area (Å²) in [6.45, 7) is 0.591. The minimum atomic E-state index is -0.902. The summed E-state index contributed by atoms with van der Waals surface area (Å²) in [6.07, 6.45) is 9.29. The van der Waals surface area contributed by atoms with Gasteiger partial charge in [-0.1, -0.05) is 0 Å². The van der Waals surface area contributed by atoms with Gasteiger partial charge in [0.15, 0.2) is 0 Å². The molecule has 7 heteroatoms. The molecule has 0 aromatic carbocycles. The summed E-state index contributed by atoms with van der Waals surface area (Å²) >= 11 is 1.22. The lowest BCUT2D eigenvalue weighted by molar-refractivity contribution is 0.0702. The monoisotopic (exact) mass is 324 g/mol. The Kier molecular flexibility index (Phi) is 3.20. The average molecular weight is 324 g/mol. The molecule has 4 rings (SSSR count). The summed E-state index contributed by atoms with van der Waals surface area (Å²) in [5.41, 5.74) is 3.79. The standard InChI is InChI=1S/C16H12N4O2S/c21-16(22)15-6-11(9-23-15)13-8-18-20-10-19(5-3-14(13)20)12-2-1-4-17-7-12/h1-9H,10H2,(H,21,22). The second kappa shape index (κ2) is 5.36. The number of carbonyl (C=O) groups is 1. The van der Waals surface area contributed by atoms with Crippen LogP contribution >= 0.6 is 11.3 Å². The van der Waals surface area contributed by atoms with Crippen LogP contribution in [0.25, 0.3) is 17.2 Å². The smallest absolute Gasteiger partial charge is 0.345 e. The zero-order valence-electron chi connectivity index (χ0n) is 12.0. The van der Waals surface area contributed by atoms with Crippen LogP contribution < -0.4 is 4.90 Å². The van der Waals surface area contributed by atoms with Crippen LogP contribution in [-0.2, 0) is 6.67 Å². The van der Waals surface area contributed by atoms with Crippen molar-refractivity contribution >= 4 is 29.1 Å². The Morgan fingerprint density at radius 2 is 2.26 bits per heavy atom. The Hall–Kier alpha value is -2.93. The van der Waals surface area contributed by atoms with Gasteiger partial charge in [0.2, 0.25) is 0 Å². The first kappa shape index (κ1) is 13.7. The fraction of sp³-hybridized carbons (Fsp3) is 0.0625. The quantitative estimate of drug-likeness (QED) is 0.801. The van der Waals surface area contributed by atoms with E-state index in [0.29, 0.717) is 11.5 Å². The number of carboxylic acid groups (broad SMARTS) is 1. The number of hydrogen-bond donors (Lipinski definition) is 1. The van der Waals surface area contributed by atoms with E-state index < -0.39 is 5.97 Å². The molecule has 0 aliphatic carbocycles. The molecule has 6 nitrogen and oxygen atoms in total. The van der Waals surface area contributed by atoms with Gasteiger partial charge < -0.3 is 10.0 Å². The Balaban J connectivity index is 1.67. The molecule has 0 bridgehead atoms. The molecule has 1 N–H and O–H groups in total. The van der Waals surface area contributed by atoms with Crippen molar-refractivity contribution in [3.63, 3.8) is 0 Å². The van der Waals surface area contributed by atoms with Crippen LogP contribution in [0.1, 0.15) is 15.4 Å². The lowest BCUT2D eigenvalue weighted by atomic mass is 10.1. The number of fused-ring (bicyclic) bond motifs is 1. The topological polar surface area (TPSA) is 71.2 Å². The third-order valence-electron chi connectivity index (χ3n) is 3.68. The van der Waals surface area contributed by atoms with Crippen molar-refractivity contribution in [1.82, 2.24) is 14.8 Å². The van der Waals surface area contributed by atoms with Crippen molar-refractivity contribution in [2.75, 3.05) is 4.90 Å². The molecule has 0 saturated carbocycles. The van der Waals surface area contributed by atoms with Gasteiger partial charge in [0.05, 0.1) is 23.8 Å². The highest BCUT2D eigenvalue weighted by Gasteiger charge is 2.18. The fourth-order valence-corrected chi connectivity index (χ4v) is 3.28. The molecule has 1 aliphatic heterocycles. The van der Waals surface area contributed by atoms with Gasteiger partial charge in [-0.3, -0.25) is 4.98 Å². The van der Waals surface area contributed by atoms with Crippen LogP contribution in [0.4, 0.5) is 5.69 Å². The number of aromatic nitrogens is 3. The summed E-state index contributed by atoms with van der Waals surface area (Å²) in [5, 5.41) is 15.3. The Morgan fingerprint density at radius 3 is 3.00 bits per heavy atom. The number of hydrogen-bond acceptors (Lipinski definition) is 5. The van der Waals surface area contributed by atoms with E-state index in [9.17, 15) is 4.79 Å². The van der Waals surface area contributed by atoms with Crippen molar-refractivity contribution in [1.29, 1.82) is 0 Å². The third-order valence-corrected chi connectivity index (χ3v) is 4.60. The van der Waals surface area contributed by atoms with Gasteiger partial charge in [-0.15, -0.1) is 11.3 Å². The van der Waals surface area contributed by atoms with Gasteiger partial charge in [0.25, 0.3) is 0 Å². The first-order valence-corrected chi connectivity index (χ1v) is 7.83. The molecule has 114 valence electrons. The highest BCUT2D eigenvalue weighted by atomic mass is 32.1. The highest BCUT2D eigenvalue weighted by molar-refractivity contribution is 7.12. The maximum absolute atomic E-state index is 11.0. The fourth-order valence-electron chi connectivity index (χ4n) is 2.54. The number of carboxylic acids is 1. The summed E-state index contributed by atoms with van der Waals surface area (Å²) < 4.78 is 1.89. The Bertz CT molecular complexity index is 898. The van der Waals surface area contributed by atoms with Gasteiger partial charge >= 0.3 is 5.97 Å². The van der Waals surface area contributed by atoms with E-state index >= 15 is 0 Å². The van der Waals surface area contributed by atoms with Crippen molar-refractivity contribution in [3.05, 3.63) is 58.9 Å². The minimum Gasteiger partial charge on any atom is -0.477 e. The van der Waals surface area contributed by atoms with E-state index in [1.54, 1.807) is 24.7 Å². The molecule has 1 aliphatic rings. The summed E-state index contributed by atoms with van der Waals surface area (Å²) in [5.74, 6) is -0.902. The second-order valence-corrected chi connectivity index (χ2v) is 6.00. The van der Waals surface area contributed by atoms with Crippen molar-refractivity contribution in [2.45, 2.75) is 6.67 Å². The molecule has 3 aromatic heterocycles. The van der Waals surface area contributed by atoms with E-state index in [0.717, 1.165) is 22.5 Å². The van der Waals surface area contributed by atoms with Crippen molar-refractivity contribution < 1.29 is 9.90 Å². The minimum absolute atomic E-state index is 0.330. The van der Waals surface area contributed by atoms with Crippen molar-refractivity contribution in [3.8, 4) is 11.1 Å². The number of thiophene rings is 1. The first-order valence-electron chi connectivity index (χ1n) is 6.95. The zero-order valence-corrected chi connectivity index (χ0v) is 12.8. The number of anilines is 1. The van der Waals surface area contributed by atoms with E-state index in [2.05, 4.69) is 10.1 Å². The summed E-state index contributed by atoms with van der Waals surface area (Å²) in [4.78, 5) is 17.5. The second-order valence-electron chi connectivity index (χ2n) is 5.09. The number of rotatable bonds is 3. The highest BCUT2D eigenvalue weighted by Crippen LogP contribution is 2.31. The SMILES string of the molecule is O=C(O)c1cc(-c2cnn3c2C=CN(c2cccnc2)C3)cs1. The molecular formula is C16H12N4O2S. The average Bonchev–Trinajstić information content (AvgIpc) is 3.21. The first-order chi connectivity index (χ1) is 11.2. The van der Waals surface area contributed by atoms with Gasteiger partial charge in [-0.2, -0.15) is 5.10 Å². The molecule has 0 unspecified atom stereocenters. The van der Waals surface area contributed by atoms with Gasteiger partial charge in [0.1, 0.15) is 11.5 Å². The number of pyridine rings is 1. The maximum atomic E-state index is 11.0.